The zero-order valence-corrected chi connectivity index (χ0v) is 8.67. The molecule has 0 radical (unpaired) electrons. The molecule has 0 amide bonds. The maximum Gasteiger partial charge on any atom is 0.403 e. The van der Waals surface area contributed by atoms with Crippen LogP contribution in [0.25, 0.3) is 0 Å². The molecule has 13 heavy (non-hydrogen) atoms. The second kappa shape index (κ2) is 4.19. The largest absolute Gasteiger partial charge is 0.480 e. The van der Waals surface area contributed by atoms with Crippen molar-refractivity contribution in [2.75, 3.05) is 6.54 Å². The Hall–Kier alpha value is -0.420. The summed E-state index contributed by atoms with van der Waals surface area (Å²) in [7, 11) is -4.00. The normalized spacial score (nSPS) is 16.6. The molecule has 7 heteroatoms. The molecule has 0 spiro atoms. The van der Waals surface area contributed by atoms with E-state index in [1.807, 2.05) is 5.09 Å². The van der Waals surface area contributed by atoms with Gasteiger partial charge in [0, 0.05) is 0 Å². The molecule has 1 unspecified atom stereocenters. The second-order valence-corrected chi connectivity index (χ2v) is 4.99. The van der Waals surface area contributed by atoms with Gasteiger partial charge in [-0.15, -0.1) is 0 Å². The van der Waals surface area contributed by atoms with Crippen molar-refractivity contribution in [3.63, 3.8) is 0 Å². The Morgan fingerprint density at radius 2 is 2.00 bits per heavy atom. The van der Waals surface area contributed by atoms with E-state index in [1.54, 1.807) is 20.8 Å². The summed E-state index contributed by atoms with van der Waals surface area (Å²) >= 11 is 0. The van der Waals surface area contributed by atoms with Gasteiger partial charge in [-0.1, -0.05) is 0 Å². The van der Waals surface area contributed by atoms with E-state index in [1.165, 1.54) is 0 Å². The summed E-state index contributed by atoms with van der Waals surface area (Å²) in [5.74, 6) is -1.22. The minimum atomic E-state index is -4.00. The molecule has 0 aliphatic heterocycles. The van der Waals surface area contributed by atoms with Gasteiger partial charge in [-0.05, 0) is 20.8 Å². The summed E-state index contributed by atoms with van der Waals surface area (Å²) in [4.78, 5) is 19.1. The summed E-state index contributed by atoms with van der Waals surface area (Å²) in [5, 5.41) is 10.1. The first-order chi connectivity index (χ1) is 5.62. The quantitative estimate of drug-likeness (QED) is 0.588. The van der Waals surface area contributed by atoms with E-state index in [0.717, 1.165) is 0 Å². The highest BCUT2D eigenvalue weighted by atomic mass is 31.2. The minimum Gasteiger partial charge on any atom is -0.480 e. The van der Waals surface area contributed by atoms with Crippen LogP contribution in [-0.4, -0.2) is 28.1 Å². The summed E-state index contributed by atoms with van der Waals surface area (Å²) in [6.07, 6.45) is 0. The second-order valence-electron chi connectivity index (χ2n) is 3.45. The van der Waals surface area contributed by atoms with Crippen LogP contribution in [0, 0.1) is 0 Å². The first-order valence-corrected chi connectivity index (χ1v) is 5.21. The molecule has 0 bridgehead atoms. The van der Waals surface area contributed by atoms with Gasteiger partial charge in [-0.2, -0.15) is 0 Å². The molecule has 0 heterocycles. The highest BCUT2D eigenvalue weighted by Gasteiger charge is 2.27. The molecule has 0 saturated carbocycles. The predicted octanol–water partition coefficient (Wildman–Crippen LogP) is 0.576. The number of hydrogen-bond donors (Lipinski definition) is 3. The van der Waals surface area contributed by atoms with E-state index in [-0.39, 0.29) is 0 Å². The molecule has 6 nitrogen and oxygen atoms in total. The van der Waals surface area contributed by atoms with Gasteiger partial charge in [0.25, 0.3) is 0 Å². The van der Waals surface area contributed by atoms with Crippen LogP contribution in [0.1, 0.15) is 20.8 Å². The Balaban J connectivity index is 4.10. The standard InChI is InChI=1S/C6H14NO5P/c1-6(2,3)12-13(10,11)7-4-5(8)9/h4H2,1-3H3,(H,8,9)(H2,7,10,11). The van der Waals surface area contributed by atoms with Crippen molar-refractivity contribution >= 4 is 13.7 Å². The summed E-state index contributed by atoms with van der Waals surface area (Å²) < 4.78 is 15.8. The van der Waals surface area contributed by atoms with Gasteiger partial charge in [-0.3, -0.25) is 9.32 Å². The van der Waals surface area contributed by atoms with Gasteiger partial charge < -0.3 is 10.00 Å². The van der Waals surface area contributed by atoms with Crippen molar-refractivity contribution in [2.24, 2.45) is 0 Å². The Labute approximate surface area is 76.5 Å². The molecule has 1 atom stereocenters. The van der Waals surface area contributed by atoms with Gasteiger partial charge in [-0.25, -0.2) is 9.65 Å². The number of nitrogens with one attached hydrogen (secondary N) is 1. The number of hydrogen-bond acceptors (Lipinski definition) is 3. The van der Waals surface area contributed by atoms with Gasteiger partial charge in [0.15, 0.2) is 0 Å². The average molecular weight is 211 g/mol. The number of carbonyl (C=O) groups is 1. The van der Waals surface area contributed by atoms with Crippen LogP contribution < -0.4 is 5.09 Å². The topological polar surface area (TPSA) is 95.9 Å². The Kier molecular flexibility index (Phi) is 4.06. The summed E-state index contributed by atoms with van der Waals surface area (Å²) in [6.45, 7) is 4.18. The Morgan fingerprint density at radius 1 is 1.54 bits per heavy atom. The molecule has 0 aliphatic rings. The van der Waals surface area contributed by atoms with Crippen molar-refractivity contribution in [2.45, 2.75) is 26.4 Å². The Morgan fingerprint density at radius 3 is 2.31 bits per heavy atom. The van der Waals surface area contributed by atoms with Gasteiger partial charge in [0.1, 0.15) is 6.54 Å². The molecule has 0 aromatic rings. The lowest BCUT2D eigenvalue weighted by Crippen LogP contribution is -2.26. The third-order valence-electron chi connectivity index (χ3n) is 0.828. The fourth-order valence-electron chi connectivity index (χ4n) is 0.571. The van der Waals surface area contributed by atoms with Crippen LogP contribution in [0.3, 0.4) is 0 Å². The minimum absolute atomic E-state index is 0.607. The van der Waals surface area contributed by atoms with Crippen molar-refractivity contribution in [3.05, 3.63) is 0 Å². The molecule has 0 aliphatic carbocycles. The van der Waals surface area contributed by atoms with Crippen LogP contribution >= 0.6 is 7.75 Å². The highest BCUT2D eigenvalue weighted by Crippen LogP contribution is 2.41. The lowest BCUT2D eigenvalue weighted by molar-refractivity contribution is -0.135. The molecule has 0 saturated heterocycles. The molecule has 0 aromatic heterocycles. The average Bonchev–Trinajstić information content (AvgIpc) is 1.78. The van der Waals surface area contributed by atoms with Crippen LogP contribution in [-0.2, 0) is 13.9 Å². The SMILES string of the molecule is CC(C)(C)OP(=O)(O)NCC(=O)O. The summed E-state index contributed by atoms with van der Waals surface area (Å²) in [6, 6.07) is 0. The van der Waals surface area contributed by atoms with Crippen molar-refractivity contribution in [1.82, 2.24) is 5.09 Å². The maximum atomic E-state index is 11.1. The molecule has 78 valence electrons. The molecule has 3 N–H and O–H groups in total. The lowest BCUT2D eigenvalue weighted by atomic mass is 10.2. The van der Waals surface area contributed by atoms with E-state index < -0.39 is 25.9 Å². The molecular weight excluding hydrogens is 197 g/mol. The van der Waals surface area contributed by atoms with Crippen molar-refractivity contribution < 1.29 is 23.9 Å². The Bertz CT molecular complexity index is 234. The van der Waals surface area contributed by atoms with E-state index >= 15 is 0 Å². The maximum absolute atomic E-state index is 11.1. The zero-order chi connectivity index (χ0) is 10.7. The molecular formula is C6H14NO5P. The first kappa shape index (κ1) is 12.6. The van der Waals surface area contributed by atoms with Crippen LogP contribution in [0.4, 0.5) is 0 Å². The number of aliphatic carboxylic acids is 1. The van der Waals surface area contributed by atoms with Crippen LogP contribution in [0.5, 0.6) is 0 Å². The van der Waals surface area contributed by atoms with E-state index in [2.05, 4.69) is 0 Å². The van der Waals surface area contributed by atoms with Crippen LogP contribution in [0.2, 0.25) is 0 Å². The molecule has 0 fully saturated rings. The molecule has 0 aromatic carbocycles. The number of carboxylic acids is 1. The van der Waals surface area contributed by atoms with E-state index in [9.17, 15) is 9.36 Å². The van der Waals surface area contributed by atoms with Gasteiger partial charge in [0.05, 0.1) is 5.60 Å². The van der Waals surface area contributed by atoms with Gasteiger partial charge >= 0.3 is 13.7 Å². The fourth-order valence-corrected chi connectivity index (χ4v) is 1.71. The monoisotopic (exact) mass is 211 g/mol. The van der Waals surface area contributed by atoms with Crippen molar-refractivity contribution in [1.29, 1.82) is 0 Å². The first-order valence-electron chi connectivity index (χ1n) is 3.63. The third-order valence-corrected chi connectivity index (χ3v) is 2.18. The van der Waals surface area contributed by atoms with E-state index in [4.69, 9.17) is 14.5 Å². The number of rotatable bonds is 4. The van der Waals surface area contributed by atoms with Crippen LogP contribution in [0.15, 0.2) is 0 Å². The predicted molar refractivity (Wildman–Crippen MR) is 46.3 cm³/mol. The number of carboxylic acid groups (broad SMARTS) is 1. The third kappa shape index (κ3) is 7.93. The molecule has 0 rings (SSSR count). The smallest absolute Gasteiger partial charge is 0.403 e. The van der Waals surface area contributed by atoms with Crippen molar-refractivity contribution in [3.8, 4) is 0 Å². The zero-order valence-electron chi connectivity index (χ0n) is 7.77. The lowest BCUT2D eigenvalue weighted by Gasteiger charge is -2.23. The fraction of sp³-hybridized carbons (Fsp3) is 0.833. The van der Waals surface area contributed by atoms with Gasteiger partial charge in [0.2, 0.25) is 0 Å². The van der Waals surface area contributed by atoms with E-state index in [0.29, 0.717) is 0 Å². The summed E-state index contributed by atoms with van der Waals surface area (Å²) in [5.41, 5.74) is -0.796. The highest BCUT2D eigenvalue weighted by molar-refractivity contribution is 7.50.